The van der Waals surface area contributed by atoms with Gasteiger partial charge in [-0.1, -0.05) is 61.3 Å². The summed E-state index contributed by atoms with van der Waals surface area (Å²) in [4.78, 5) is 0. The lowest BCUT2D eigenvalue weighted by Gasteiger charge is -1.96. The molecular formula is C16H34O. The summed E-state index contributed by atoms with van der Waals surface area (Å²) >= 11 is 0. The maximum Gasteiger partial charge on any atom is 0.103 e. The summed E-state index contributed by atoms with van der Waals surface area (Å²) in [6, 6.07) is 2.07. The molecule has 1 aromatic rings. The number of hydrogen-bond donors (Lipinski definition) is 0. The fraction of sp³-hybridized carbons (Fsp3) is 0.750. The molecule has 0 N–H and O–H groups in total. The number of hydrogen-bond acceptors (Lipinski definition) is 1. The summed E-state index contributed by atoms with van der Waals surface area (Å²) in [6.45, 7) is 16.3. The Bertz CT molecular complexity index is 201. The summed E-state index contributed by atoms with van der Waals surface area (Å²) in [5, 5.41) is 0. The van der Waals surface area contributed by atoms with Gasteiger partial charge in [0.15, 0.2) is 0 Å². The fourth-order valence-corrected chi connectivity index (χ4v) is 1.24. The van der Waals surface area contributed by atoms with Crippen LogP contribution in [0.15, 0.2) is 16.7 Å². The average molecular weight is 242 g/mol. The maximum absolute atomic E-state index is 5.20. The minimum absolute atomic E-state index is 1.08. The Morgan fingerprint density at radius 2 is 1.47 bits per heavy atom. The predicted octanol–water partition coefficient (Wildman–Crippen LogP) is 6.40. The Morgan fingerprint density at radius 3 is 1.82 bits per heavy atom. The van der Waals surface area contributed by atoms with Gasteiger partial charge in [0.05, 0.1) is 6.26 Å². The summed E-state index contributed by atoms with van der Waals surface area (Å²) in [5.74, 6) is 1.08. The molecule has 1 heteroatoms. The molecule has 0 amide bonds. The van der Waals surface area contributed by atoms with Gasteiger partial charge in [-0.25, -0.2) is 0 Å². The van der Waals surface area contributed by atoms with E-state index in [1.165, 1.54) is 31.2 Å². The van der Waals surface area contributed by atoms with Gasteiger partial charge in [-0.15, -0.1) is 0 Å². The molecule has 0 aliphatic carbocycles. The quantitative estimate of drug-likeness (QED) is 0.557. The molecule has 1 aromatic heterocycles. The minimum atomic E-state index is 1.08. The Labute approximate surface area is 110 Å². The van der Waals surface area contributed by atoms with E-state index < -0.39 is 0 Å². The van der Waals surface area contributed by atoms with Gasteiger partial charge in [0.2, 0.25) is 0 Å². The van der Waals surface area contributed by atoms with E-state index >= 15 is 0 Å². The molecule has 104 valence electrons. The molecule has 0 saturated heterocycles. The molecule has 1 rings (SSSR count). The predicted molar refractivity (Wildman–Crippen MR) is 80.7 cm³/mol. The van der Waals surface area contributed by atoms with Crippen molar-refractivity contribution in [2.45, 2.75) is 81.1 Å². The van der Waals surface area contributed by atoms with Crippen LogP contribution in [0.1, 0.15) is 79.1 Å². The van der Waals surface area contributed by atoms with Crippen LogP contribution in [-0.4, -0.2) is 0 Å². The van der Waals surface area contributed by atoms with Gasteiger partial charge >= 0.3 is 0 Å². The average Bonchev–Trinajstić information content (AvgIpc) is 2.83. The van der Waals surface area contributed by atoms with Crippen LogP contribution in [0.5, 0.6) is 0 Å². The van der Waals surface area contributed by atoms with Crippen LogP contribution in [0, 0.1) is 6.92 Å². The van der Waals surface area contributed by atoms with Gasteiger partial charge in [0, 0.05) is 0 Å². The minimum Gasteiger partial charge on any atom is -0.469 e. The highest BCUT2D eigenvalue weighted by molar-refractivity contribution is 5.15. The Hall–Kier alpha value is -0.720. The van der Waals surface area contributed by atoms with Crippen molar-refractivity contribution in [2.24, 2.45) is 0 Å². The second-order valence-electron chi connectivity index (χ2n) is 2.96. The Morgan fingerprint density at radius 1 is 0.941 bits per heavy atom. The Kier molecular flexibility index (Phi) is 26.2. The first-order chi connectivity index (χ1) is 8.34. The molecule has 0 atom stereocenters. The van der Waals surface area contributed by atoms with E-state index in [-0.39, 0.29) is 0 Å². The van der Waals surface area contributed by atoms with Crippen LogP contribution in [0.25, 0.3) is 0 Å². The van der Waals surface area contributed by atoms with Crippen LogP contribution >= 0.6 is 0 Å². The molecule has 1 nitrogen and oxygen atoms in total. The lowest BCUT2D eigenvalue weighted by Crippen LogP contribution is -1.84. The smallest absolute Gasteiger partial charge is 0.103 e. The summed E-state index contributed by atoms with van der Waals surface area (Å²) in [5.41, 5.74) is 1.37. The van der Waals surface area contributed by atoms with Gasteiger partial charge in [0.25, 0.3) is 0 Å². The largest absolute Gasteiger partial charge is 0.469 e. The third-order valence-corrected chi connectivity index (χ3v) is 2.02. The van der Waals surface area contributed by atoms with Crippen LogP contribution < -0.4 is 0 Å². The van der Waals surface area contributed by atoms with Crippen molar-refractivity contribution in [3.05, 3.63) is 23.7 Å². The summed E-state index contributed by atoms with van der Waals surface area (Å²) in [6.07, 6.45) is 6.85. The third-order valence-electron chi connectivity index (χ3n) is 2.02. The first-order valence-corrected chi connectivity index (χ1v) is 7.37. The summed E-state index contributed by atoms with van der Waals surface area (Å²) < 4.78 is 5.20. The number of aryl methyl sites for hydroxylation is 2. The highest BCUT2D eigenvalue weighted by Gasteiger charge is 1.98. The first-order valence-electron chi connectivity index (χ1n) is 7.37. The van der Waals surface area contributed by atoms with E-state index in [0.717, 1.165) is 5.76 Å². The second-order valence-corrected chi connectivity index (χ2v) is 2.96. The normalized spacial score (nSPS) is 7.76. The lowest BCUT2D eigenvalue weighted by atomic mass is 10.1. The monoisotopic (exact) mass is 242 g/mol. The molecule has 17 heavy (non-hydrogen) atoms. The summed E-state index contributed by atoms with van der Waals surface area (Å²) in [7, 11) is 0. The van der Waals surface area contributed by atoms with Crippen LogP contribution in [0.3, 0.4) is 0 Å². The van der Waals surface area contributed by atoms with E-state index in [1.54, 1.807) is 6.26 Å². The molecule has 0 aromatic carbocycles. The van der Waals surface area contributed by atoms with Crippen LogP contribution in [0.2, 0.25) is 0 Å². The van der Waals surface area contributed by atoms with Crippen molar-refractivity contribution < 1.29 is 4.42 Å². The Balaban J connectivity index is -0.000000285. The van der Waals surface area contributed by atoms with Gasteiger partial charge in [-0.3, -0.25) is 0 Å². The van der Waals surface area contributed by atoms with Crippen LogP contribution in [-0.2, 0) is 6.42 Å². The molecule has 0 unspecified atom stereocenters. The molecular weight excluding hydrogens is 208 g/mol. The molecule has 0 fully saturated rings. The van der Waals surface area contributed by atoms with Crippen molar-refractivity contribution in [1.29, 1.82) is 0 Å². The van der Waals surface area contributed by atoms with E-state index in [4.69, 9.17) is 4.42 Å². The van der Waals surface area contributed by atoms with E-state index in [2.05, 4.69) is 13.0 Å². The zero-order valence-electron chi connectivity index (χ0n) is 13.4. The molecule has 0 aliphatic rings. The fourth-order valence-electron chi connectivity index (χ4n) is 1.24. The zero-order valence-corrected chi connectivity index (χ0v) is 13.4. The third kappa shape index (κ3) is 13.2. The standard InChI is InChI=1S/C10H16O.3C2H6/c1-3-4-5-6-10-7-8-11-9(10)2;3*1-2/h7-8H,3-6H2,1-2H3;3*1-2H3. The van der Waals surface area contributed by atoms with Crippen molar-refractivity contribution in [1.82, 2.24) is 0 Å². The molecule has 1 heterocycles. The molecule has 0 bridgehead atoms. The topological polar surface area (TPSA) is 13.1 Å². The van der Waals surface area contributed by atoms with E-state index in [1.807, 2.05) is 48.5 Å². The van der Waals surface area contributed by atoms with Crippen molar-refractivity contribution >= 4 is 0 Å². The van der Waals surface area contributed by atoms with Crippen molar-refractivity contribution in [2.75, 3.05) is 0 Å². The molecule has 0 aliphatic heterocycles. The molecule has 0 saturated carbocycles. The highest BCUT2D eigenvalue weighted by atomic mass is 16.3. The maximum atomic E-state index is 5.20. The van der Waals surface area contributed by atoms with Gasteiger partial charge in [-0.2, -0.15) is 0 Å². The SMILES string of the molecule is CC.CC.CC.CCCCCc1ccoc1C. The van der Waals surface area contributed by atoms with E-state index in [0.29, 0.717) is 0 Å². The zero-order chi connectivity index (χ0) is 14.1. The van der Waals surface area contributed by atoms with Crippen molar-refractivity contribution in [3.8, 4) is 0 Å². The second kappa shape index (κ2) is 20.7. The van der Waals surface area contributed by atoms with Gasteiger partial charge < -0.3 is 4.42 Å². The molecule has 0 radical (unpaired) electrons. The number of unbranched alkanes of at least 4 members (excludes halogenated alkanes) is 2. The number of rotatable bonds is 4. The van der Waals surface area contributed by atoms with Gasteiger partial charge in [0.1, 0.15) is 5.76 Å². The molecule has 0 spiro atoms. The van der Waals surface area contributed by atoms with Gasteiger partial charge in [-0.05, 0) is 31.4 Å². The lowest BCUT2D eigenvalue weighted by molar-refractivity contribution is 0.528. The highest BCUT2D eigenvalue weighted by Crippen LogP contribution is 2.12. The first kappa shape index (κ1) is 21.6. The van der Waals surface area contributed by atoms with Crippen molar-refractivity contribution in [3.63, 3.8) is 0 Å². The van der Waals surface area contributed by atoms with E-state index in [9.17, 15) is 0 Å². The van der Waals surface area contributed by atoms with Crippen LogP contribution in [0.4, 0.5) is 0 Å². The number of furan rings is 1.